The van der Waals surface area contributed by atoms with E-state index < -0.39 is 29.4 Å². The molecular weight excluding hydrogens is 396 g/mol. The molecule has 0 spiro atoms. The Kier molecular flexibility index (Phi) is 6.61. The fraction of sp³-hybridized carbons (Fsp3) is 0.286. The van der Waals surface area contributed by atoms with Gasteiger partial charge in [-0.2, -0.15) is 0 Å². The molecule has 0 bridgehead atoms. The summed E-state index contributed by atoms with van der Waals surface area (Å²) in [5.41, 5.74) is 0.665. The molecule has 1 heterocycles. The minimum absolute atomic E-state index is 0.0110. The maximum Gasteiger partial charge on any atom is 0.243 e. The lowest BCUT2D eigenvalue weighted by Gasteiger charge is -2.20. The van der Waals surface area contributed by atoms with Gasteiger partial charge in [0.2, 0.25) is 17.7 Å². The number of hydrogen-bond donors (Lipinski definition) is 2. The Labute approximate surface area is 172 Å². The van der Waals surface area contributed by atoms with Crippen molar-refractivity contribution in [2.45, 2.75) is 13.3 Å². The molecule has 9 heteroatoms. The summed E-state index contributed by atoms with van der Waals surface area (Å²) < 4.78 is 31.7. The van der Waals surface area contributed by atoms with Gasteiger partial charge < -0.3 is 20.3 Å². The number of benzene rings is 2. The molecule has 0 radical (unpaired) electrons. The van der Waals surface area contributed by atoms with Crippen molar-refractivity contribution in [1.82, 2.24) is 5.32 Å². The van der Waals surface area contributed by atoms with E-state index in [0.29, 0.717) is 18.0 Å². The highest BCUT2D eigenvalue weighted by Gasteiger charge is 2.36. The van der Waals surface area contributed by atoms with Crippen LogP contribution in [-0.2, 0) is 14.4 Å². The van der Waals surface area contributed by atoms with Crippen LogP contribution >= 0.6 is 0 Å². The first-order valence-corrected chi connectivity index (χ1v) is 9.43. The molecular formula is C21H21F2N3O4. The summed E-state index contributed by atoms with van der Waals surface area (Å²) in [6, 6.07) is 10.0. The predicted molar refractivity (Wildman–Crippen MR) is 106 cm³/mol. The van der Waals surface area contributed by atoms with Crippen molar-refractivity contribution in [3.8, 4) is 5.75 Å². The van der Waals surface area contributed by atoms with Gasteiger partial charge in [-0.05, 0) is 31.2 Å². The average Bonchev–Trinajstić information content (AvgIpc) is 3.11. The van der Waals surface area contributed by atoms with Gasteiger partial charge in [-0.15, -0.1) is 0 Å². The fourth-order valence-corrected chi connectivity index (χ4v) is 3.16. The Hall–Kier alpha value is -3.49. The van der Waals surface area contributed by atoms with E-state index in [1.54, 1.807) is 24.3 Å². The summed E-state index contributed by atoms with van der Waals surface area (Å²) in [6.45, 7) is 2.08. The third-order valence-corrected chi connectivity index (χ3v) is 4.58. The molecule has 3 rings (SSSR count). The summed E-state index contributed by atoms with van der Waals surface area (Å²) in [4.78, 5) is 38.3. The van der Waals surface area contributed by atoms with E-state index in [1.807, 2.05) is 6.92 Å². The van der Waals surface area contributed by atoms with Gasteiger partial charge in [-0.3, -0.25) is 14.4 Å². The van der Waals surface area contributed by atoms with Gasteiger partial charge in [-0.1, -0.05) is 12.1 Å². The van der Waals surface area contributed by atoms with Crippen LogP contribution in [0.2, 0.25) is 0 Å². The van der Waals surface area contributed by atoms with Crippen molar-refractivity contribution in [2.24, 2.45) is 5.92 Å². The van der Waals surface area contributed by atoms with Crippen LogP contribution in [0, 0.1) is 17.6 Å². The Morgan fingerprint density at radius 2 is 1.93 bits per heavy atom. The maximum absolute atomic E-state index is 13.2. The first-order chi connectivity index (χ1) is 14.4. The molecule has 2 N–H and O–H groups in total. The van der Waals surface area contributed by atoms with Crippen LogP contribution < -0.4 is 20.3 Å². The predicted octanol–water partition coefficient (Wildman–Crippen LogP) is 2.47. The Bertz CT molecular complexity index is 967. The van der Waals surface area contributed by atoms with Crippen LogP contribution in [0.1, 0.15) is 13.3 Å². The van der Waals surface area contributed by atoms with E-state index in [9.17, 15) is 23.2 Å². The van der Waals surface area contributed by atoms with Crippen LogP contribution in [0.15, 0.2) is 42.5 Å². The number of amides is 3. The van der Waals surface area contributed by atoms with E-state index in [0.717, 1.165) is 12.1 Å². The minimum Gasteiger partial charge on any atom is -0.492 e. The van der Waals surface area contributed by atoms with E-state index in [-0.39, 0.29) is 31.1 Å². The van der Waals surface area contributed by atoms with Crippen LogP contribution in [0.3, 0.4) is 0 Å². The number of hydrogen-bond acceptors (Lipinski definition) is 4. The highest BCUT2D eigenvalue weighted by Crippen LogP contribution is 2.33. The summed E-state index contributed by atoms with van der Waals surface area (Å²) >= 11 is 0. The molecule has 2 aromatic rings. The first kappa shape index (κ1) is 21.2. The Morgan fingerprint density at radius 3 is 2.67 bits per heavy atom. The zero-order chi connectivity index (χ0) is 21.7. The number of carbonyl (C=O) groups is 3. The van der Waals surface area contributed by atoms with Gasteiger partial charge in [0.15, 0.2) is 11.6 Å². The number of anilines is 2. The first-order valence-electron chi connectivity index (χ1n) is 9.43. The summed E-state index contributed by atoms with van der Waals surface area (Å²) in [6.07, 6.45) is 0.0110. The molecule has 0 aromatic heterocycles. The van der Waals surface area contributed by atoms with Crippen molar-refractivity contribution < 1.29 is 27.9 Å². The van der Waals surface area contributed by atoms with E-state index in [4.69, 9.17) is 4.74 Å². The number of nitrogens with one attached hydrogen (secondary N) is 2. The number of halogens is 2. The molecule has 30 heavy (non-hydrogen) atoms. The highest BCUT2D eigenvalue weighted by atomic mass is 19.2. The van der Waals surface area contributed by atoms with Gasteiger partial charge in [0.1, 0.15) is 5.75 Å². The number of rotatable bonds is 7. The quantitative estimate of drug-likeness (QED) is 0.725. The SMILES string of the molecule is CCOc1ccccc1N1CC(C(=O)NCC(=O)Nc2ccc(F)c(F)c2)CC1=O. The van der Waals surface area contributed by atoms with Gasteiger partial charge >= 0.3 is 0 Å². The lowest BCUT2D eigenvalue weighted by Crippen LogP contribution is -2.38. The molecule has 158 valence electrons. The van der Waals surface area contributed by atoms with E-state index in [1.165, 1.54) is 11.0 Å². The van der Waals surface area contributed by atoms with Crippen molar-refractivity contribution in [2.75, 3.05) is 29.9 Å². The maximum atomic E-state index is 13.2. The van der Waals surface area contributed by atoms with Crippen molar-refractivity contribution in [3.63, 3.8) is 0 Å². The second kappa shape index (κ2) is 9.34. The lowest BCUT2D eigenvalue weighted by atomic mass is 10.1. The highest BCUT2D eigenvalue weighted by molar-refractivity contribution is 6.02. The molecule has 0 saturated carbocycles. The van der Waals surface area contributed by atoms with Crippen LogP contribution in [-0.4, -0.2) is 37.4 Å². The number of nitrogens with zero attached hydrogens (tertiary/aromatic N) is 1. The zero-order valence-electron chi connectivity index (χ0n) is 16.3. The number of para-hydroxylation sites is 2. The molecule has 7 nitrogen and oxygen atoms in total. The van der Waals surface area contributed by atoms with Crippen LogP contribution in [0.5, 0.6) is 5.75 Å². The van der Waals surface area contributed by atoms with E-state index >= 15 is 0 Å². The Balaban J connectivity index is 1.56. The molecule has 1 unspecified atom stereocenters. The summed E-state index contributed by atoms with van der Waals surface area (Å²) in [5, 5.41) is 4.84. The normalized spacial score (nSPS) is 15.8. The van der Waals surface area contributed by atoms with E-state index in [2.05, 4.69) is 10.6 Å². The van der Waals surface area contributed by atoms with Gasteiger partial charge in [0, 0.05) is 24.7 Å². The van der Waals surface area contributed by atoms with Crippen molar-refractivity contribution >= 4 is 29.1 Å². The number of ether oxygens (including phenoxy) is 1. The third kappa shape index (κ3) is 4.91. The minimum atomic E-state index is -1.09. The zero-order valence-corrected chi connectivity index (χ0v) is 16.3. The van der Waals surface area contributed by atoms with Crippen molar-refractivity contribution in [3.05, 3.63) is 54.1 Å². The standard InChI is InChI=1S/C21H21F2N3O4/c1-2-30-18-6-4-3-5-17(18)26-12-13(9-20(26)28)21(29)24-11-19(27)25-14-7-8-15(22)16(23)10-14/h3-8,10,13H,2,9,11-12H2,1H3,(H,24,29)(H,25,27). The summed E-state index contributed by atoms with van der Waals surface area (Å²) in [7, 11) is 0. The average molecular weight is 417 g/mol. The van der Waals surface area contributed by atoms with Crippen LogP contribution in [0.25, 0.3) is 0 Å². The van der Waals surface area contributed by atoms with Crippen LogP contribution in [0.4, 0.5) is 20.2 Å². The lowest BCUT2D eigenvalue weighted by molar-refractivity contribution is -0.127. The molecule has 1 atom stereocenters. The smallest absolute Gasteiger partial charge is 0.243 e. The molecule has 2 aromatic carbocycles. The second-order valence-electron chi connectivity index (χ2n) is 6.70. The van der Waals surface area contributed by atoms with Gasteiger partial charge in [-0.25, -0.2) is 8.78 Å². The second-order valence-corrected chi connectivity index (χ2v) is 6.70. The number of carbonyl (C=O) groups excluding carboxylic acids is 3. The molecule has 0 aliphatic carbocycles. The molecule has 3 amide bonds. The molecule has 1 aliphatic heterocycles. The Morgan fingerprint density at radius 1 is 1.17 bits per heavy atom. The monoisotopic (exact) mass is 417 g/mol. The molecule has 1 aliphatic rings. The summed E-state index contributed by atoms with van der Waals surface area (Å²) in [5.74, 6) is -3.44. The fourth-order valence-electron chi connectivity index (χ4n) is 3.16. The largest absolute Gasteiger partial charge is 0.492 e. The van der Waals surface area contributed by atoms with Crippen molar-refractivity contribution in [1.29, 1.82) is 0 Å². The molecule has 1 saturated heterocycles. The third-order valence-electron chi connectivity index (χ3n) is 4.58. The molecule has 1 fully saturated rings. The van der Waals surface area contributed by atoms with Gasteiger partial charge in [0.25, 0.3) is 0 Å². The topological polar surface area (TPSA) is 87.7 Å². The van der Waals surface area contributed by atoms with Gasteiger partial charge in [0.05, 0.1) is 24.8 Å².